The van der Waals surface area contributed by atoms with Crippen LogP contribution in [0.4, 0.5) is 0 Å². The zero-order valence-corrected chi connectivity index (χ0v) is 12.7. The molecule has 0 bridgehead atoms. The number of methoxy groups -OCH3 is 1. The molecule has 0 radical (unpaired) electrons. The second-order valence-corrected chi connectivity index (χ2v) is 5.71. The van der Waals surface area contributed by atoms with E-state index in [-0.39, 0.29) is 5.41 Å². The minimum absolute atomic E-state index is 0.324. The molecule has 1 aromatic heterocycles. The van der Waals surface area contributed by atoms with Crippen molar-refractivity contribution >= 4 is 15.9 Å². The summed E-state index contributed by atoms with van der Waals surface area (Å²) in [6.07, 6.45) is 0. The van der Waals surface area contributed by atoms with Crippen LogP contribution >= 0.6 is 15.9 Å². The SMILES string of the molecule is COc1ccc(-c2noc(C(C)(C)CN)n2)cc1Br. The standard InChI is InChI=1S/C13H16BrN3O2/c1-13(2,7-15)12-16-11(17-19-12)8-4-5-10(18-3)9(14)6-8/h4-6H,7,15H2,1-3H3. The fraction of sp³-hybridized carbons (Fsp3) is 0.385. The fourth-order valence-electron chi connectivity index (χ4n) is 1.51. The summed E-state index contributed by atoms with van der Waals surface area (Å²) >= 11 is 3.43. The van der Waals surface area contributed by atoms with E-state index in [4.69, 9.17) is 15.0 Å². The number of ether oxygens (including phenoxy) is 1. The highest BCUT2D eigenvalue weighted by Crippen LogP contribution is 2.30. The van der Waals surface area contributed by atoms with Gasteiger partial charge in [-0.25, -0.2) is 0 Å². The molecule has 1 aromatic carbocycles. The van der Waals surface area contributed by atoms with Crippen molar-refractivity contribution in [1.29, 1.82) is 0 Å². The summed E-state index contributed by atoms with van der Waals surface area (Å²) in [6, 6.07) is 5.63. The molecule has 0 amide bonds. The highest BCUT2D eigenvalue weighted by molar-refractivity contribution is 9.10. The van der Waals surface area contributed by atoms with Crippen LogP contribution in [0.2, 0.25) is 0 Å². The van der Waals surface area contributed by atoms with Gasteiger partial charge in [-0.3, -0.25) is 0 Å². The maximum Gasteiger partial charge on any atom is 0.233 e. The topological polar surface area (TPSA) is 74.2 Å². The first-order valence-corrected chi connectivity index (χ1v) is 6.65. The third-order valence-electron chi connectivity index (χ3n) is 2.93. The van der Waals surface area contributed by atoms with Crippen LogP contribution in [-0.2, 0) is 5.41 Å². The molecular formula is C13H16BrN3O2. The van der Waals surface area contributed by atoms with Crippen molar-refractivity contribution in [2.45, 2.75) is 19.3 Å². The number of nitrogens with zero attached hydrogens (tertiary/aromatic N) is 2. The van der Waals surface area contributed by atoms with Crippen molar-refractivity contribution in [2.75, 3.05) is 13.7 Å². The Balaban J connectivity index is 2.36. The van der Waals surface area contributed by atoms with Gasteiger partial charge in [-0.1, -0.05) is 5.16 Å². The summed E-state index contributed by atoms with van der Waals surface area (Å²) in [5.41, 5.74) is 6.23. The quantitative estimate of drug-likeness (QED) is 0.935. The van der Waals surface area contributed by atoms with Gasteiger partial charge in [0.05, 0.1) is 17.0 Å². The molecular weight excluding hydrogens is 310 g/mol. The summed E-state index contributed by atoms with van der Waals surface area (Å²) in [5.74, 6) is 1.84. The first-order valence-electron chi connectivity index (χ1n) is 5.86. The molecule has 0 aliphatic heterocycles. The summed E-state index contributed by atoms with van der Waals surface area (Å²) in [6.45, 7) is 4.38. The van der Waals surface area contributed by atoms with Gasteiger partial charge in [-0.2, -0.15) is 4.98 Å². The Bertz CT molecular complexity index is 581. The Kier molecular flexibility index (Phi) is 3.91. The molecule has 2 N–H and O–H groups in total. The van der Waals surface area contributed by atoms with E-state index >= 15 is 0 Å². The Labute approximate surface area is 120 Å². The van der Waals surface area contributed by atoms with Crippen LogP contribution in [0.15, 0.2) is 27.2 Å². The Morgan fingerprint density at radius 1 is 1.42 bits per heavy atom. The van der Waals surface area contributed by atoms with E-state index in [1.165, 1.54) is 0 Å². The molecule has 5 nitrogen and oxygen atoms in total. The predicted octanol–water partition coefficient (Wildman–Crippen LogP) is 2.74. The van der Waals surface area contributed by atoms with E-state index < -0.39 is 0 Å². The monoisotopic (exact) mass is 325 g/mol. The molecule has 0 fully saturated rings. The molecule has 2 aromatic rings. The Morgan fingerprint density at radius 2 is 2.16 bits per heavy atom. The van der Waals surface area contributed by atoms with Gasteiger partial charge in [-0.15, -0.1) is 0 Å². The molecule has 0 saturated heterocycles. The molecule has 19 heavy (non-hydrogen) atoms. The average Bonchev–Trinajstić information content (AvgIpc) is 2.89. The minimum atomic E-state index is -0.324. The molecule has 6 heteroatoms. The zero-order chi connectivity index (χ0) is 14.0. The van der Waals surface area contributed by atoms with Gasteiger partial charge in [0.2, 0.25) is 11.7 Å². The molecule has 1 heterocycles. The van der Waals surface area contributed by atoms with Gasteiger partial charge >= 0.3 is 0 Å². The van der Waals surface area contributed by atoms with Crippen LogP contribution in [0.25, 0.3) is 11.4 Å². The first kappa shape index (κ1) is 14.0. The van der Waals surface area contributed by atoms with Gasteiger partial charge < -0.3 is 15.0 Å². The Morgan fingerprint density at radius 3 is 2.74 bits per heavy atom. The predicted molar refractivity (Wildman–Crippen MR) is 76.1 cm³/mol. The summed E-state index contributed by atoms with van der Waals surface area (Å²) < 4.78 is 11.3. The van der Waals surface area contributed by atoms with E-state index in [1.54, 1.807) is 7.11 Å². The van der Waals surface area contributed by atoms with Crippen molar-refractivity contribution in [3.05, 3.63) is 28.6 Å². The molecule has 0 aliphatic rings. The summed E-state index contributed by atoms with van der Waals surface area (Å²) in [7, 11) is 1.62. The zero-order valence-electron chi connectivity index (χ0n) is 11.1. The van der Waals surface area contributed by atoms with Crippen LogP contribution in [0.5, 0.6) is 5.75 Å². The van der Waals surface area contributed by atoms with Crippen LogP contribution in [-0.4, -0.2) is 23.8 Å². The maximum atomic E-state index is 5.70. The van der Waals surface area contributed by atoms with E-state index in [1.807, 2.05) is 32.0 Å². The first-order chi connectivity index (χ1) is 8.97. The largest absolute Gasteiger partial charge is 0.496 e. The van der Waals surface area contributed by atoms with Crippen molar-refractivity contribution in [3.63, 3.8) is 0 Å². The van der Waals surface area contributed by atoms with E-state index in [0.717, 1.165) is 15.8 Å². The maximum absolute atomic E-state index is 5.70. The van der Waals surface area contributed by atoms with Crippen LogP contribution in [0.1, 0.15) is 19.7 Å². The van der Waals surface area contributed by atoms with Gasteiger partial charge in [0, 0.05) is 12.1 Å². The smallest absolute Gasteiger partial charge is 0.233 e. The number of hydrogen-bond donors (Lipinski definition) is 1. The molecule has 0 saturated carbocycles. The number of halogens is 1. The third-order valence-corrected chi connectivity index (χ3v) is 3.54. The van der Waals surface area contributed by atoms with E-state index in [0.29, 0.717) is 18.3 Å². The number of rotatable bonds is 4. The average molecular weight is 326 g/mol. The molecule has 0 spiro atoms. The molecule has 102 valence electrons. The second-order valence-electron chi connectivity index (χ2n) is 4.86. The lowest BCUT2D eigenvalue weighted by molar-refractivity contribution is 0.311. The summed E-state index contributed by atoms with van der Waals surface area (Å²) in [4.78, 5) is 4.40. The lowest BCUT2D eigenvalue weighted by Gasteiger charge is -2.15. The molecule has 2 rings (SSSR count). The number of aromatic nitrogens is 2. The lowest BCUT2D eigenvalue weighted by atomic mass is 9.94. The Hall–Kier alpha value is -1.40. The normalized spacial score (nSPS) is 11.6. The van der Waals surface area contributed by atoms with Gasteiger partial charge in [-0.05, 0) is 48.0 Å². The number of nitrogens with two attached hydrogens (primary N) is 1. The van der Waals surface area contributed by atoms with Crippen molar-refractivity contribution in [1.82, 2.24) is 10.1 Å². The van der Waals surface area contributed by atoms with Crippen molar-refractivity contribution in [3.8, 4) is 17.1 Å². The summed E-state index contributed by atoms with van der Waals surface area (Å²) in [5, 5.41) is 3.99. The van der Waals surface area contributed by atoms with Gasteiger partial charge in [0.15, 0.2) is 0 Å². The van der Waals surface area contributed by atoms with Crippen LogP contribution < -0.4 is 10.5 Å². The van der Waals surface area contributed by atoms with Crippen molar-refractivity contribution < 1.29 is 9.26 Å². The molecule has 0 aliphatic carbocycles. The van der Waals surface area contributed by atoms with Gasteiger partial charge in [0.1, 0.15) is 5.75 Å². The third kappa shape index (κ3) is 2.79. The van der Waals surface area contributed by atoms with E-state index in [2.05, 4.69) is 26.1 Å². The number of hydrogen-bond acceptors (Lipinski definition) is 5. The van der Waals surface area contributed by atoms with Gasteiger partial charge in [0.25, 0.3) is 0 Å². The highest BCUT2D eigenvalue weighted by Gasteiger charge is 2.26. The fourth-order valence-corrected chi connectivity index (χ4v) is 2.05. The minimum Gasteiger partial charge on any atom is -0.496 e. The van der Waals surface area contributed by atoms with E-state index in [9.17, 15) is 0 Å². The van der Waals surface area contributed by atoms with Crippen molar-refractivity contribution in [2.24, 2.45) is 5.73 Å². The van der Waals surface area contributed by atoms with Crippen LogP contribution in [0, 0.1) is 0 Å². The lowest BCUT2D eigenvalue weighted by Crippen LogP contribution is -2.28. The molecule has 0 unspecified atom stereocenters. The highest BCUT2D eigenvalue weighted by atomic mass is 79.9. The number of benzene rings is 1. The van der Waals surface area contributed by atoms with Crippen LogP contribution in [0.3, 0.4) is 0 Å². The second kappa shape index (κ2) is 5.30. The molecule has 0 atom stereocenters.